The molecule has 0 amide bonds. The standard InChI is InChI=1S/C25H25FN6O/c1-32-24(33)22(17-7-9-19(26)10-8-17)23(18-11-12-29-21(28)14-18)31-25(32)30-15-20(27)13-16-5-3-2-4-6-16/h2-12,14,20H,13,15,27H2,1H3,(H2,28,29)(H,30,31)/t20-/m1/s1. The average Bonchev–Trinajstić information content (AvgIpc) is 2.81. The van der Waals surface area contributed by atoms with E-state index in [9.17, 15) is 9.18 Å². The van der Waals surface area contributed by atoms with Gasteiger partial charge in [-0.3, -0.25) is 9.36 Å². The minimum absolute atomic E-state index is 0.180. The van der Waals surface area contributed by atoms with Crippen LogP contribution in [0.25, 0.3) is 22.4 Å². The SMILES string of the molecule is Cn1c(NC[C@H](N)Cc2ccccc2)nc(-c2ccnc(N)c2)c(-c2ccc(F)cc2)c1=O. The molecule has 0 aliphatic heterocycles. The number of hydrogen-bond acceptors (Lipinski definition) is 6. The molecule has 0 saturated carbocycles. The number of aromatic nitrogens is 3. The van der Waals surface area contributed by atoms with E-state index in [4.69, 9.17) is 16.5 Å². The summed E-state index contributed by atoms with van der Waals surface area (Å²) in [5.41, 5.74) is 15.0. The van der Waals surface area contributed by atoms with Crippen LogP contribution in [0.2, 0.25) is 0 Å². The van der Waals surface area contributed by atoms with E-state index in [0.717, 1.165) is 5.56 Å². The predicted octanol–water partition coefficient (Wildman–Crippen LogP) is 3.21. The van der Waals surface area contributed by atoms with Gasteiger partial charge in [0.15, 0.2) is 0 Å². The van der Waals surface area contributed by atoms with E-state index in [-0.39, 0.29) is 17.4 Å². The molecule has 0 bridgehead atoms. The van der Waals surface area contributed by atoms with Crippen LogP contribution in [0.3, 0.4) is 0 Å². The lowest BCUT2D eigenvalue weighted by Gasteiger charge is -2.18. The normalized spacial score (nSPS) is 11.8. The highest BCUT2D eigenvalue weighted by Crippen LogP contribution is 2.29. The second-order valence-electron chi connectivity index (χ2n) is 7.83. The lowest BCUT2D eigenvalue weighted by molar-refractivity contribution is 0.628. The van der Waals surface area contributed by atoms with Gasteiger partial charge in [0, 0.05) is 31.4 Å². The zero-order chi connectivity index (χ0) is 23.4. The van der Waals surface area contributed by atoms with Crippen molar-refractivity contribution in [2.24, 2.45) is 12.8 Å². The summed E-state index contributed by atoms with van der Waals surface area (Å²) in [5, 5.41) is 3.21. The molecule has 0 aliphatic rings. The second-order valence-corrected chi connectivity index (χ2v) is 7.83. The van der Waals surface area contributed by atoms with Gasteiger partial charge in [-0.05, 0) is 41.8 Å². The second kappa shape index (κ2) is 9.62. The molecule has 0 unspecified atom stereocenters. The summed E-state index contributed by atoms with van der Waals surface area (Å²) in [6, 6.07) is 18.9. The summed E-state index contributed by atoms with van der Waals surface area (Å²) < 4.78 is 14.9. The van der Waals surface area contributed by atoms with Crippen molar-refractivity contribution in [2.45, 2.75) is 12.5 Å². The molecule has 8 heteroatoms. The highest BCUT2D eigenvalue weighted by atomic mass is 19.1. The Morgan fingerprint density at radius 2 is 1.79 bits per heavy atom. The molecule has 5 N–H and O–H groups in total. The van der Waals surface area contributed by atoms with Crippen molar-refractivity contribution < 1.29 is 4.39 Å². The maximum atomic E-state index is 13.5. The van der Waals surface area contributed by atoms with Gasteiger partial charge in [-0.2, -0.15) is 0 Å². The molecule has 0 spiro atoms. The molecule has 33 heavy (non-hydrogen) atoms. The van der Waals surface area contributed by atoms with Gasteiger partial charge >= 0.3 is 0 Å². The molecule has 2 aromatic heterocycles. The summed E-state index contributed by atoms with van der Waals surface area (Å²) in [5.74, 6) is 0.295. The number of benzene rings is 2. The first-order valence-corrected chi connectivity index (χ1v) is 10.5. The van der Waals surface area contributed by atoms with E-state index >= 15 is 0 Å². The van der Waals surface area contributed by atoms with Gasteiger partial charge in [0.05, 0.1) is 11.3 Å². The molecule has 7 nitrogen and oxygen atoms in total. The molecular weight excluding hydrogens is 419 g/mol. The van der Waals surface area contributed by atoms with Crippen LogP contribution in [0.15, 0.2) is 77.7 Å². The fourth-order valence-corrected chi connectivity index (χ4v) is 3.65. The molecule has 0 saturated heterocycles. The molecular formula is C25H25FN6O. The van der Waals surface area contributed by atoms with Gasteiger partial charge in [-0.15, -0.1) is 0 Å². The fourth-order valence-electron chi connectivity index (χ4n) is 3.65. The molecule has 4 aromatic rings. The van der Waals surface area contributed by atoms with Crippen molar-refractivity contribution in [2.75, 3.05) is 17.6 Å². The van der Waals surface area contributed by atoms with E-state index in [1.807, 2.05) is 30.3 Å². The monoisotopic (exact) mass is 444 g/mol. The summed E-state index contributed by atoms with van der Waals surface area (Å²) in [4.78, 5) is 22.2. The molecule has 2 heterocycles. The topological polar surface area (TPSA) is 112 Å². The number of anilines is 2. The van der Waals surface area contributed by atoms with Crippen molar-refractivity contribution in [1.29, 1.82) is 0 Å². The minimum atomic E-state index is -0.385. The number of nitrogens with zero attached hydrogens (tertiary/aromatic N) is 3. The van der Waals surface area contributed by atoms with Gasteiger partial charge in [0.1, 0.15) is 11.6 Å². The highest BCUT2D eigenvalue weighted by molar-refractivity contribution is 5.81. The molecule has 0 fully saturated rings. The Morgan fingerprint density at radius 3 is 2.48 bits per heavy atom. The van der Waals surface area contributed by atoms with Gasteiger partial charge in [0.2, 0.25) is 5.95 Å². The van der Waals surface area contributed by atoms with Crippen LogP contribution in [0.4, 0.5) is 16.2 Å². The average molecular weight is 445 g/mol. The first-order valence-electron chi connectivity index (χ1n) is 10.5. The molecule has 2 aromatic carbocycles. The summed E-state index contributed by atoms with van der Waals surface area (Å²) in [6.07, 6.45) is 2.24. The Kier molecular flexibility index (Phi) is 6.46. The van der Waals surface area contributed by atoms with Crippen LogP contribution in [0, 0.1) is 5.82 Å². The lowest BCUT2D eigenvalue weighted by atomic mass is 10.0. The minimum Gasteiger partial charge on any atom is -0.384 e. The van der Waals surface area contributed by atoms with Crippen LogP contribution < -0.4 is 22.3 Å². The maximum Gasteiger partial charge on any atom is 0.263 e. The fraction of sp³-hybridized carbons (Fsp3) is 0.160. The van der Waals surface area contributed by atoms with Gasteiger partial charge < -0.3 is 16.8 Å². The zero-order valence-electron chi connectivity index (χ0n) is 18.2. The Hall–Kier alpha value is -4.04. The molecule has 4 rings (SSSR count). The summed E-state index contributed by atoms with van der Waals surface area (Å²) in [7, 11) is 1.64. The Labute approximate surface area is 190 Å². The predicted molar refractivity (Wildman–Crippen MR) is 129 cm³/mol. The van der Waals surface area contributed by atoms with Crippen molar-refractivity contribution >= 4 is 11.8 Å². The van der Waals surface area contributed by atoms with Crippen LogP contribution in [0.1, 0.15) is 5.56 Å². The largest absolute Gasteiger partial charge is 0.384 e. The molecule has 168 valence electrons. The Balaban J connectivity index is 1.71. The van der Waals surface area contributed by atoms with Gasteiger partial charge in [-0.25, -0.2) is 14.4 Å². The van der Waals surface area contributed by atoms with Gasteiger partial charge in [-0.1, -0.05) is 42.5 Å². The Bertz CT molecular complexity index is 1310. The maximum absolute atomic E-state index is 13.5. The first-order chi connectivity index (χ1) is 15.9. The molecule has 1 atom stereocenters. The van der Waals surface area contributed by atoms with Crippen molar-refractivity contribution in [3.8, 4) is 22.4 Å². The van der Waals surface area contributed by atoms with Crippen molar-refractivity contribution in [3.63, 3.8) is 0 Å². The van der Waals surface area contributed by atoms with Crippen molar-refractivity contribution in [1.82, 2.24) is 14.5 Å². The highest BCUT2D eigenvalue weighted by Gasteiger charge is 2.19. The quantitative estimate of drug-likeness (QED) is 0.404. The third-order valence-electron chi connectivity index (χ3n) is 5.34. The number of nitrogens with two attached hydrogens (primary N) is 2. The molecule has 0 aliphatic carbocycles. The van der Waals surface area contributed by atoms with E-state index in [0.29, 0.717) is 47.1 Å². The number of hydrogen-bond donors (Lipinski definition) is 3. The van der Waals surface area contributed by atoms with E-state index in [2.05, 4.69) is 10.3 Å². The number of halogens is 1. The van der Waals surface area contributed by atoms with Crippen LogP contribution in [0.5, 0.6) is 0 Å². The van der Waals surface area contributed by atoms with Crippen LogP contribution in [-0.4, -0.2) is 27.1 Å². The number of rotatable bonds is 7. The summed E-state index contributed by atoms with van der Waals surface area (Å²) >= 11 is 0. The van der Waals surface area contributed by atoms with E-state index in [1.54, 1.807) is 37.5 Å². The number of pyridine rings is 1. The number of nitrogen functional groups attached to an aromatic ring is 1. The van der Waals surface area contributed by atoms with E-state index < -0.39 is 0 Å². The summed E-state index contributed by atoms with van der Waals surface area (Å²) in [6.45, 7) is 0.420. The smallest absolute Gasteiger partial charge is 0.263 e. The number of nitrogens with one attached hydrogen (secondary N) is 1. The van der Waals surface area contributed by atoms with Crippen molar-refractivity contribution in [3.05, 3.63) is 94.7 Å². The van der Waals surface area contributed by atoms with Gasteiger partial charge in [0.25, 0.3) is 5.56 Å². The van der Waals surface area contributed by atoms with E-state index in [1.165, 1.54) is 16.7 Å². The Morgan fingerprint density at radius 1 is 1.06 bits per heavy atom. The zero-order valence-corrected chi connectivity index (χ0v) is 18.2. The third-order valence-corrected chi connectivity index (χ3v) is 5.34. The third kappa shape index (κ3) is 5.07. The van der Waals surface area contributed by atoms with Crippen LogP contribution in [-0.2, 0) is 13.5 Å². The molecule has 0 radical (unpaired) electrons. The first kappa shape index (κ1) is 22.2. The lowest BCUT2D eigenvalue weighted by Crippen LogP contribution is -2.34. The van der Waals surface area contributed by atoms with Crippen LogP contribution >= 0.6 is 0 Å².